The number of nitrogens with zero attached hydrogens (tertiary/aromatic N) is 1. The molecule has 24 heavy (non-hydrogen) atoms. The number of hydrogen-bond acceptors (Lipinski definition) is 5. The highest BCUT2D eigenvalue weighted by Crippen LogP contribution is 2.48. The molecule has 0 radical (unpaired) electrons. The van der Waals surface area contributed by atoms with Crippen LogP contribution in [0.2, 0.25) is 0 Å². The summed E-state index contributed by atoms with van der Waals surface area (Å²) < 4.78 is 19.6. The first-order valence-electron chi connectivity index (χ1n) is 8.60. The molecule has 0 saturated carbocycles. The van der Waals surface area contributed by atoms with Crippen LogP contribution in [0.25, 0.3) is 0 Å². The predicted octanol–water partition coefficient (Wildman–Crippen LogP) is 4.69. The van der Waals surface area contributed by atoms with E-state index in [1.165, 1.54) is 0 Å². The van der Waals surface area contributed by atoms with Crippen molar-refractivity contribution in [1.29, 1.82) is 0 Å². The molecule has 0 aliphatic rings. The van der Waals surface area contributed by atoms with E-state index in [1.807, 2.05) is 41.5 Å². The molecule has 144 valence electrons. The minimum Gasteiger partial charge on any atom is -0.444 e. The van der Waals surface area contributed by atoms with Gasteiger partial charge in [0.05, 0.1) is 12.2 Å². The third-order valence-electron chi connectivity index (χ3n) is 2.57. The molecule has 7 heteroatoms. The minimum atomic E-state index is -1.21. The number of rotatable bonds is 8. The average molecular weight is 364 g/mol. The van der Waals surface area contributed by atoms with E-state index in [4.69, 9.17) is 13.8 Å². The predicted molar refractivity (Wildman–Crippen MR) is 100 cm³/mol. The van der Waals surface area contributed by atoms with E-state index in [9.17, 15) is 4.79 Å². The van der Waals surface area contributed by atoms with Crippen molar-refractivity contribution < 1.29 is 18.6 Å². The molecule has 0 aliphatic heterocycles. The van der Waals surface area contributed by atoms with Gasteiger partial charge in [-0.3, -0.25) is 0 Å². The van der Waals surface area contributed by atoms with E-state index in [1.54, 1.807) is 0 Å². The topological polar surface area (TPSA) is 60.0 Å². The molecule has 0 aromatic rings. The molecule has 1 unspecified atom stereocenters. The Kier molecular flexibility index (Phi) is 9.73. The summed E-state index contributed by atoms with van der Waals surface area (Å²) in [6.07, 6.45) is -0.434. The molecule has 6 nitrogen and oxygen atoms in total. The van der Waals surface area contributed by atoms with Gasteiger partial charge in [0, 0.05) is 18.6 Å². The number of nitrogens with one attached hydrogen (secondary N) is 1. The standard InChI is InChI=1S/C17H37N2O4P/c1-13(2)19(14(3)4)24(23-17(8,9)10)21-12-11-18-15(20)22-16(5,6)7/h13-14H,11-12H2,1-10H3,(H,18,20). The first kappa shape index (κ1) is 23.6. The van der Waals surface area contributed by atoms with Crippen molar-refractivity contribution in [3.63, 3.8) is 0 Å². The Bertz CT molecular complexity index is 368. The van der Waals surface area contributed by atoms with E-state index in [-0.39, 0.29) is 5.60 Å². The SMILES string of the molecule is CC(C)N(C(C)C)P(OCCNC(=O)OC(C)(C)C)OC(C)(C)C. The molecule has 1 atom stereocenters. The summed E-state index contributed by atoms with van der Waals surface area (Å²) in [6.45, 7) is 20.8. The van der Waals surface area contributed by atoms with Gasteiger partial charge < -0.3 is 19.1 Å². The molecule has 1 amide bonds. The zero-order valence-corrected chi connectivity index (χ0v) is 18.0. The Morgan fingerprint density at radius 1 is 1.00 bits per heavy atom. The van der Waals surface area contributed by atoms with Crippen molar-refractivity contribution in [2.75, 3.05) is 13.2 Å². The van der Waals surface area contributed by atoms with Crippen molar-refractivity contribution in [1.82, 2.24) is 9.99 Å². The number of carbonyl (C=O) groups excluding carboxylic acids is 1. The van der Waals surface area contributed by atoms with Crippen LogP contribution >= 0.6 is 8.53 Å². The second kappa shape index (κ2) is 9.91. The van der Waals surface area contributed by atoms with Crippen molar-refractivity contribution in [2.45, 2.75) is 92.5 Å². The van der Waals surface area contributed by atoms with Gasteiger partial charge in [-0.15, -0.1) is 0 Å². The molecule has 1 N–H and O–H groups in total. The van der Waals surface area contributed by atoms with E-state index in [2.05, 4.69) is 37.7 Å². The van der Waals surface area contributed by atoms with Crippen molar-refractivity contribution in [3.05, 3.63) is 0 Å². The van der Waals surface area contributed by atoms with Crippen molar-refractivity contribution in [2.24, 2.45) is 0 Å². The number of hydrogen-bond donors (Lipinski definition) is 1. The number of ether oxygens (including phenoxy) is 1. The van der Waals surface area contributed by atoms with Crippen molar-refractivity contribution in [3.8, 4) is 0 Å². The van der Waals surface area contributed by atoms with Crippen LogP contribution in [0.1, 0.15) is 69.2 Å². The summed E-state index contributed by atoms with van der Waals surface area (Å²) in [5, 5.41) is 2.70. The Balaban J connectivity index is 4.60. The highest BCUT2D eigenvalue weighted by Gasteiger charge is 2.31. The zero-order valence-electron chi connectivity index (χ0n) is 17.1. The summed E-state index contributed by atoms with van der Waals surface area (Å²) in [4.78, 5) is 11.7. The smallest absolute Gasteiger partial charge is 0.407 e. The van der Waals surface area contributed by atoms with Gasteiger partial charge in [0.15, 0.2) is 0 Å². The van der Waals surface area contributed by atoms with Gasteiger partial charge in [0.25, 0.3) is 8.53 Å². The normalized spacial score (nSPS) is 14.4. The molecular weight excluding hydrogens is 327 g/mol. The van der Waals surface area contributed by atoms with Crippen LogP contribution in [0.5, 0.6) is 0 Å². The van der Waals surface area contributed by atoms with Crippen LogP contribution in [0.4, 0.5) is 4.79 Å². The molecule has 0 bridgehead atoms. The third-order valence-corrected chi connectivity index (χ3v) is 4.98. The Hall–Kier alpha value is -0.420. The quantitative estimate of drug-likeness (QED) is 0.500. The third kappa shape index (κ3) is 11.2. The Morgan fingerprint density at radius 2 is 1.50 bits per heavy atom. The zero-order chi connectivity index (χ0) is 19.1. The fourth-order valence-electron chi connectivity index (χ4n) is 1.94. The maximum atomic E-state index is 11.7. The first-order chi connectivity index (χ1) is 10.7. The summed E-state index contributed by atoms with van der Waals surface area (Å²) in [7, 11) is -1.21. The molecule has 0 aromatic heterocycles. The van der Waals surface area contributed by atoms with Gasteiger partial charge in [-0.2, -0.15) is 0 Å². The lowest BCUT2D eigenvalue weighted by molar-refractivity contribution is 0.0507. The van der Waals surface area contributed by atoms with Crippen molar-refractivity contribution >= 4 is 14.6 Å². The van der Waals surface area contributed by atoms with Gasteiger partial charge in [0.2, 0.25) is 0 Å². The van der Waals surface area contributed by atoms with Crippen LogP contribution in [0.3, 0.4) is 0 Å². The van der Waals surface area contributed by atoms with E-state index in [0.717, 1.165) is 0 Å². The van der Waals surface area contributed by atoms with Crippen LogP contribution < -0.4 is 5.32 Å². The summed E-state index contributed by atoms with van der Waals surface area (Å²) >= 11 is 0. The first-order valence-corrected chi connectivity index (χ1v) is 9.73. The molecule has 0 aromatic carbocycles. The maximum absolute atomic E-state index is 11.7. The molecular formula is C17H37N2O4P. The van der Waals surface area contributed by atoms with E-state index < -0.39 is 20.2 Å². The Labute approximate surface area is 149 Å². The van der Waals surface area contributed by atoms with E-state index in [0.29, 0.717) is 25.2 Å². The average Bonchev–Trinajstić information content (AvgIpc) is 2.29. The van der Waals surface area contributed by atoms with Crippen LogP contribution in [0, 0.1) is 0 Å². The number of amides is 1. The fourth-order valence-corrected chi connectivity index (χ4v) is 3.69. The lowest BCUT2D eigenvalue weighted by Crippen LogP contribution is -2.37. The Morgan fingerprint density at radius 3 is 1.88 bits per heavy atom. The molecule has 0 rings (SSSR count). The van der Waals surface area contributed by atoms with Gasteiger partial charge in [0.1, 0.15) is 5.60 Å². The highest BCUT2D eigenvalue weighted by molar-refractivity contribution is 7.44. The van der Waals surface area contributed by atoms with Crippen LogP contribution in [0.15, 0.2) is 0 Å². The largest absolute Gasteiger partial charge is 0.444 e. The summed E-state index contributed by atoms with van der Waals surface area (Å²) in [5.41, 5.74) is -0.800. The second-order valence-electron chi connectivity index (χ2n) is 8.27. The number of alkyl carbamates (subject to hydrolysis) is 1. The molecule has 0 saturated heterocycles. The number of carbonyl (C=O) groups is 1. The molecule has 0 fully saturated rings. The molecule has 0 spiro atoms. The van der Waals surface area contributed by atoms with Gasteiger partial charge in [-0.25, -0.2) is 9.46 Å². The molecule has 0 heterocycles. The lowest BCUT2D eigenvalue weighted by atomic mass is 10.2. The van der Waals surface area contributed by atoms with E-state index >= 15 is 0 Å². The minimum absolute atomic E-state index is 0.299. The van der Waals surface area contributed by atoms with Gasteiger partial charge in [-0.05, 0) is 69.2 Å². The summed E-state index contributed by atoms with van der Waals surface area (Å²) in [5.74, 6) is 0. The fraction of sp³-hybridized carbons (Fsp3) is 0.941. The highest BCUT2D eigenvalue weighted by atomic mass is 31.2. The summed E-state index contributed by atoms with van der Waals surface area (Å²) in [6, 6.07) is 0.606. The van der Waals surface area contributed by atoms with Gasteiger partial charge >= 0.3 is 6.09 Å². The maximum Gasteiger partial charge on any atom is 0.407 e. The molecule has 0 aliphatic carbocycles. The lowest BCUT2D eigenvalue weighted by Gasteiger charge is -2.38. The van der Waals surface area contributed by atoms with Crippen LogP contribution in [-0.4, -0.2) is 47.2 Å². The van der Waals surface area contributed by atoms with Crippen LogP contribution in [-0.2, 0) is 13.8 Å². The van der Waals surface area contributed by atoms with Gasteiger partial charge in [-0.1, -0.05) is 0 Å². The second-order valence-corrected chi connectivity index (χ2v) is 9.65. The monoisotopic (exact) mass is 364 g/mol.